The smallest absolute Gasteiger partial charge is 0.253 e. The average Bonchev–Trinajstić information content (AvgIpc) is 3.29. The maximum atomic E-state index is 12.8. The van der Waals surface area contributed by atoms with Crippen LogP contribution < -0.4 is 5.32 Å². The molecule has 8 nitrogen and oxygen atoms in total. The molecule has 0 spiro atoms. The van der Waals surface area contributed by atoms with E-state index in [0.29, 0.717) is 36.9 Å². The van der Waals surface area contributed by atoms with E-state index in [1.54, 1.807) is 12.3 Å². The van der Waals surface area contributed by atoms with E-state index in [1.165, 1.54) is 0 Å². The Labute approximate surface area is 182 Å². The van der Waals surface area contributed by atoms with Crippen LogP contribution in [-0.2, 0) is 9.59 Å². The predicted octanol–water partition coefficient (Wildman–Crippen LogP) is 1.91. The van der Waals surface area contributed by atoms with E-state index >= 15 is 0 Å². The Morgan fingerprint density at radius 1 is 1.07 bits per heavy atom. The molecule has 30 heavy (non-hydrogen) atoms. The summed E-state index contributed by atoms with van der Waals surface area (Å²) in [5, 5.41) is 10.9. The number of hydrogen-bond donors (Lipinski definition) is 2. The fraction of sp³-hybridized carbons (Fsp3) is 0.524. The molecule has 1 aromatic heterocycles. The van der Waals surface area contributed by atoms with Gasteiger partial charge in [0.05, 0.1) is 17.3 Å². The summed E-state index contributed by atoms with van der Waals surface area (Å²) in [5.74, 6) is 0.618. The summed E-state index contributed by atoms with van der Waals surface area (Å²) in [7, 11) is 0. The van der Waals surface area contributed by atoms with Crippen LogP contribution in [0.5, 0.6) is 0 Å². The summed E-state index contributed by atoms with van der Waals surface area (Å²) in [6.45, 7) is 2.96. The molecule has 1 aromatic carbocycles. The molecule has 1 saturated carbocycles. The number of likely N-dealkylation sites (tertiary alicyclic amines) is 2. The third-order valence-corrected chi connectivity index (χ3v) is 7.07. The first-order valence-electron chi connectivity index (χ1n) is 10.5. The molecule has 0 unspecified atom stereocenters. The summed E-state index contributed by atoms with van der Waals surface area (Å²) >= 11 is 3.44. The van der Waals surface area contributed by atoms with Crippen LogP contribution in [0.2, 0.25) is 0 Å². The van der Waals surface area contributed by atoms with Crippen molar-refractivity contribution >= 4 is 44.6 Å². The van der Waals surface area contributed by atoms with E-state index in [1.807, 2.05) is 15.9 Å². The molecule has 2 aromatic rings. The first kappa shape index (κ1) is 19.5. The number of nitrogens with one attached hydrogen (secondary N) is 2. The van der Waals surface area contributed by atoms with E-state index < -0.39 is 0 Å². The molecule has 3 amide bonds. The zero-order valence-electron chi connectivity index (χ0n) is 16.6. The van der Waals surface area contributed by atoms with Crippen LogP contribution in [0.15, 0.2) is 22.8 Å². The number of fused-ring (bicyclic) bond motifs is 2. The van der Waals surface area contributed by atoms with Crippen molar-refractivity contribution < 1.29 is 14.4 Å². The second-order valence-corrected chi connectivity index (χ2v) is 9.42. The van der Waals surface area contributed by atoms with Crippen molar-refractivity contribution in [3.63, 3.8) is 0 Å². The fourth-order valence-electron chi connectivity index (χ4n) is 4.87. The van der Waals surface area contributed by atoms with Gasteiger partial charge >= 0.3 is 0 Å². The molecule has 0 radical (unpaired) electrons. The molecule has 2 atom stereocenters. The molecule has 2 N–H and O–H groups in total. The third kappa shape index (κ3) is 3.59. The number of carbonyl (C=O) groups excluding carboxylic acids is 3. The van der Waals surface area contributed by atoms with Crippen LogP contribution in [0, 0.1) is 11.8 Å². The van der Waals surface area contributed by atoms with Crippen molar-refractivity contribution in [2.45, 2.75) is 31.7 Å². The number of amides is 3. The number of halogens is 1. The Hall–Kier alpha value is -2.42. The average molecular weight is 474 g/mol. The highest BCUT2D eigenvalue weighted by molar-refractivity contribution is 9.10. The van der Waals surface area contributed by atoms with Gasteiger partial charge in [-0.2, -0.15) is 5.10 Å². The zero-order valence-corrected chi connectivity index (χ0v) is 18.2. The molecular weight excluding hydrogens is 450 g/mol. The SMILES string of the molecule is O=C(NC1[C@@H]2CN(C(=O)CCC(=O)N3CCCC3)C[C@@H]12)c1cc(Br)cc2cn[nH]c12. The molecular formula is C21H24BrN5O3. The van der Waals surface area contributed by atoms with Gasteiger partial charge in [0.2, 0.25) is 11.8 Å². The quantitative estimate of drug-likeness (QED) is 0.692. The lowest BCUT2D eigenvalue weighted by Crippen LogP contribution is -2.38. The van der Waals surface area contributed by atoms with E-state index in [2.05, 4.69) is 31.4 Å². The van der Waals surface area contributed by atoms with Crippen LogP contribution in [0.3, 0.4) is 0 Å². The summed E-state index contributed by atoms with van der Waals surface area (Å²) in [4.78, 5) is 41.1. The Morgan fingerprint density at radius 2 is 1.73 bits per heavy atom. The highest BCUT2D eigenvalue weighted by Crippen LogP contribution is 2.46. The number of nitrogens with zero attached hydrogens (tertiary/aromatic N) is 3. The highest BCUT2D eigenvalue weighted by Gasteiger charge is 2.57. The van der Waals surface area contributed by atoms with Crippen LogP contribution in [0.1, 0.15) is 36.0 Å². The standard InChI is InChI=1S/C21H24BrN5O3/c22-13-7-12-9-23-25-19(12)14(8-13)21(30)24-20-15-10-27(11-16(15)20)18(29)4-3-17(28)26-5-1-2-6-26/h7-9,15-16,20H,1-6,10-11H2,(H,23,25)(H,24,30)/t15-,16-/m1/s1. The summed E-state index contributed by atoms with van der Waals surface area (Å²) < 4.78 is 0.831. The first-order valence-corrected chi connectivity index (χ1v) is 11.3. The predicted molar refractivity (Wildman–Crippen MR) is 114 cm³/mol. The van der Waals surface area contributed by atoms with E-state index in [-0.39, 0.29) is 30.2 Å². The van der Waals surface area contributed by atoms with Gasteiger partial charge in [-0.05, 0) is 25.0 Å². The number of benzene rings is 1. The van der Waals surface area contributed by atoms with E-state index in [0.717, 1.165) is 41.3 Å². The topological polar surface area (TPSA) is 98.4 Å². The largest absolute Gasteiger partial charge is 0.349 e. The molecule has 3 aliphatic rings. The molecule has 158 valence electrons. The normalized spacial score (nSPS) is 24.9. The summed E-state index contributed by atoms with van der Waals surface area (Å²) in [6.07, 6.45) is 4.40. The molecule has 0 bridgehead atoms. The number of aromatic amines is 1. The van der Waals surface area contributed by atoms with Gasteiger partial charge < -0.3 is 15.1 Å². The van der Waals surface area contributed by atoms with Gasteiger partial charge in [0.15, 0.2) is 0 Å². The summed E-state index contributed by atoms with van der Waals surface area (Å²) in [6, 6.07) is 3.81. The van der Waals surface area contributed by atoms with Gasteiger partial charge in [0.25, 0.3) is 5.91 Å². The zero-order chi connectivity index (χ0) is 20.8. The second kappa shape index (κ2) is 7.68. The molecule has 1 aliphatic carbocycles. The van der Waals surface area contributed by atoms with Gasteiger partial charge in [0, 0.05) is 66.8 Å². The lowest BCUT2D eigenvalue weighted by atomic mass is 10.1. The van der Waals surface area contributed by atoms with Crippen molar-refractivity contribution in [1.29, 1.82) is 0 Å². The van der Waals surface area contributed by atoms with Crippen LogP contribution in [-0.4, -0.2) is 69.9 Å². The minimum absolute atomic E-state index is 0.0472. The maximum absolute atomic E-state index is 12.8. The Balaban J connectivity index is 1.12. The first-order chi connectivity index (χ1) is 14.5. The Kier molecular flexibility index (Phi) is 5.00. The van der Waals surface area contributed by atoms with Gasteiger partial charge in [-0.1, -0.05) is 15.9 Å². The van der Waals surface area contributed by atoms with Crippen molar-refractivity contribution in [2.75, 3.05) is 26.2 Å². The van der Waals surface area contributed by atoms with Crippen molar-refractivity contribution in [3.05, 3.63) is 28.4 Å². The molecule has 3 heterocycles. The van der Waals surface area contributed by atoms with Gasteiger partial charge in [0.1, 0.15) is 0 Å². The van der Waals surface area contributed by atoms with Crippen LogP contribution in [0.25, 0.3) is 10.9 Å². The van der Waals surface area contributed by atoms with Crippen molar-refractivity contribution in [3.8, 4) is 0 Å². The minimum Gasteiger partial charge on any atom is -0.349 e. The second-order valence-electron chi connectivity index (χ2n) is 8.50. The minimum atomic E-state index is -0.126. The fourth-order valence-corrected chi connectivity index (χ4v) is 5.35. The number of aromatic nitrogens is 2. The third-order valence-electron chi connectivity index (χ3n) is 6.61. The Bertz CT molecular complexity index is 1000. The number of H-pyrrole nitrogens is 1. The molecule has 2 aliphatic heterocycles. The molecule has 5 rings (SSSR count). The number of hydrogen-bond acceptors (Lipinski definition) is 4. The molecule has 2 saturated heterocycles. The molecule has 3 fully saturated rings. The van der Waals surface area contributed by atoms with Gasteiger partial charge in [-0.25, -0.2) is 0 Å². The van der Waals surface area contributed by atoms with E-state index in [9.17, 15) is 14.4 Å². The maximum Gasteiger partial charge on any atom is 0.253 e. The summed E-state index contributed by atoms with van der Waals surface area (Å²) in [5.41, 5.74) is 1.29. The van der Waals surface area contributed by atoms with Crippen molar-refractivity contribution in [1.82, 2.24) is 25.3 Å². The van der Waals surface area contributed by atoms with Crippen molar-refractivity contribution in [2.24, 2.45) is 11.8 Å². The monoisotopic (exact) mass is 473 g/mol. The van der Waals surface area contributed by atoms with E-state index in [4.69, 9.17) is 0 Å². The number of rotatable bonds is 5. The number of carbonyl (C=O) groups is 3. The highest BCUT2D eigenvalue weighted by atomic mass is 79.9. The number of piperidine rings is 1. The molecule has 9 heteroatoms. The lowest BCUT2D eigenvalue weighted by Gasteiger charge is -2.21. The van der Waals surface area contributed by atoms with Crippen LogP contribution >= 0.6 is 15.9 Å². The Morgan fingerprint density at radius 3 is 2.43 bits per heavy atom. The lowest BCUT2D eigenvalue weighted by molar-refractivity contribution is -0.136. The van der Waals surface area contributed by atoms with Gasteiger partial charge in [-0.3, -0.25) is 19.5 Å². The van der Waals surface area contributed by atoms with Gasteiger partial charge in [-0.15, -0.1) is 0 Å². The van der Waals surface area contributed by atoms with Crippen LogP contribution in [0.4, 0.5) is 0 Å².